The molecule has 2 N–H and O–H groups in total. The van der Waals surface area contributed by atoms with E-state index in [1.54, 1.807) is 12.1 Å². The van der Waals surface area contributed by atoms with Crippen molar-refractivity contribution >= 4 is 21.8 Å². The third-order valence-electron chi connectivity index (χ3n) is 2.65. The summed E-state index contributed by atoms with van der Waals surface area (Å²) >= 11 is 3.34. The number of hydrogen-bond acceptors (Lipinski definition) is 2. The number of nitrogens with one attached hydrogen (secondary N) is 1. The lowest BCUT2D eigenvalue weighted by atomic mass is 10.0. The van der Waals surface area contributed by atoms with E-state index in [2.05, 4.69) is 21.2 Å². The SMILES string of the molecule is CC(C)C(CCO)NC(=O)c1cccc(Br)c1. The first-order valence-corrected chi connectivity index (χ1v) is 6.51. The first-order valence-electron chi connectivity index (χ1n) is 5.72. The molecule has 1 aromatic rings. The van der Waals surface area contributed by atoms with Gasteiger partial charge >= 0.3 is 0 Å². The number of benzene rings is 1. The molecule has 0 aromatic heterocycles. The number of carbonyl (C=O) groups excluding carboxylic acids is 1. The Morgan fingerprint density at radius 3 is 2.71 bits per heavy atom. The van der Waals surface area contributed by atoms with Gasteiger partial charge in [-0.25, -0.2) is 0 Å². The summed E-state index contributed by atoms with van der Waals surface area (Å²) in [5, 5.41) is 11.9. The van der Waals surface area contributed by atoms with Crippen LogP contribution in [0, 0.1) is 5.92 Å². The van der Waals surface area contributed by atoms with Crippen LogP contribution in [0.3, 0.4) is 0 Å². The highest BCUT2D eigenvalue weighted by Gasteiger charge is 2.16. The van der Waals surface area contributed by atoms with Crippen molar-refractivity contribution in [3.8, 4) is 0 Å². The average molecular weight is 300 g/mol. The van der Waals surface area contributed by atoms with Crippen molar-refractivity contribution < 1.29 is 9.90 Å². The molecule has 1 amide bonds. The highest BCUT2D eigenvalue weighted by Crippen LogP contribution is 2.13. The van der Waals surface area contributed by atoms with Crippen LogP contribution in [0.2, 0.25) is 0 Å². The lowest BCUT2D eigenvalue weighted by Crippen LogP contribution is -2.39. The minimum Gasteiger partial charge on any atom is -0.396 e. The van der Waals surface area contributed by atoms with Crippen molar-refractivity contribution in [3.63, 3.8) is 0 Å². The zero-order chi connectivity index (χ0) is 12.8. The summed E-state index contributed by atoms with van der Waals surface area (Å²) in [6.07, 6.45) is 0.581. The minimum absolute atomic E-state index is 0.00600. The Balaban J connectivity index is 2.70. The van der Waals surface area contributed by atoms with Gasteiger partial charge in [-0.3, -0.25) is 4.79 Å². The van der Waals surface area contributed by atoms with Gasteiger partial charge < -0.3 is 10.4 Å². The molecule has 0 heterocycles. The van der Waals surface area contributed by atoms with E-state index in [0.29, 0.717) is 17.9 Å². The number of aliphatic hydroxyl groups is 1. The van der Waals surface area contributed by atoms with Crippen molar-refractivity contribution in [2.75, 3.05) is 6.61 Å². The Labute approximate surface area is 110 Å². The molecule has 4 heteroatoms. The summed E-state index contributed by atoms with van der Waals surface area (Å²) in [7, 11) is 0. The number of amides is 1. The fourth-order valence-corrected chi connectivity index (χ4v) is 1.99. The third-order valence-corrected chi connectivity index (χ3v) is 3.14. The van der Waals surface area contributed by atoms with Crippen LogP contribution in [0.4, 0.5) is 0 Å². The lowest BCUT2D eigenvalue weighted by Gasteiger charge is -2.21. The van der Waals surface area contributed by atoms with Crippen molar-refractivity contribution in [2.24, 2.45) is 5.92 Å². The van der Waals surface area contributed by atoms with Crippen LogP contribution in [0.1, 0.15) is 30.6 Å². The van der Waals surface area contributed by atoms with Gasteiger partial charge in [-0.1, -0.05) is 35.8 Å². The molecular weight excluding hydrogens is 282 g/mol. The van der Waals surface area contributed by atoms with Gasteiger partial charge in [0.15, 0.2) is 0 Å². The maximum atomic E-state index is 12.0. The zero-order valence-corrected chi connectivity index (χ0v) is 11.7. The predicted molar refractivity (Wildman–Crippen MR) is 71.9 cm³/mol. The van der Waals surface area contributed by atoms with Crippen LogP contribution < -0.4 is 5.32 Å². The third kappa shape index (κ3) is 4.48. The molecule has 94 valence electrons. The number of halogens is 1. The Hall–Kier alpha value is -0.870. The maximum absolute atomic E-state index is 12.0. The summed E-state index contributed by atoms with van der Waals surface area (Å²) in [4.78, 5) is 12.0. The Kier molecular flexibility index (Phi) is 5.65. The van der Waals surface area contributed by atoms with Crippen LogP contribution in [0.5, 0.6) is 0 Å². The summed E-state index contributed by atoms with van der Waals surface area (Å²) < 4.78 is 0.883. The molecule has 0 aliphatic heterocycles. The van der Waals surface area contributed by atoms with Gasteiger partial charge in [0.05, 0.1) is 0 Å². The molecule has 0 aliphatic carbocycles. The summed E-state index contributed by atoms with van der Waals surface area (Å²) in [6, 6.07) is 7.27. The second-order valence-corrected chi connectivity index (χ2v) is 5.26. The zero-order valence-electron chi connectivity index (χ0n) is 10.1. The van der Waals surface area contributed by atoms with E-state index in [1.165, 1.54) is 0 Å². The van der Waals surface area contributed by atoms with E-state index >= 15 is 0 Å². The van der Waals surface area contributed by atoms with Gasteiger partial charge in [0.2, 0.25) is 0 Å². The highest BCUT2D eigenvalue weighted by atomic mass is 79.9. The van der Waals surface area contributed by atoms with Gasteiger partial charge in [-0.05, 0) is 30.5 Å². The largest absolute Gasteiger partial charge is 0.396 e. The molecule has 0 aliphatic rings. The molecule has 3 nitrogen and oxygen atoms in total. The topological polar surface area (TPSA) is 49.3 Å². The number of carbonyl (C=O) groups is 1. The van der Waals surface area contributed by atoms with Crippen LogP contribution in [0.15, 0.2) is 28.7 Å². The van der Waals surface area contributed by atoms with Gasteiger partial charge in [-0.15, -0.1) is 0 Å². The van der Waals surface area contributed by atoms with Crippen molar-refractivity contribution in [2.45, 2.75) is 26.3 Å². The fraction of sp³-hybridized carbons (Fsp3) is 0.462. The quantitative estimate of drug-likeness (QED) is 0.878. The smallest absolute Gasteiger partial charge is 0.251 e. The van der Waals surface area contributed by atoms with Crippen LogP contribution >= 0.6 is 15.9 Å². The molecule has 1 atom stereocenters. The van der Waals surface area contributed by atoms with Crippen LogP contribution in [-0.2, 0) is 0 Å². The molecule has 0 fully saturated rings. The number of rotatable bonds is 5. The first-order chi connectivity index (χ1) is 8.04. The summed E-state index contributed by atoms with van der Waals surface area (Å²) in [5.74, 6) is 0.205. The molecule has 0 saturated carbocycles. The molecule has 17 heavy (non-hydrogen) atoms. The van der Waals surface area contributed by atoms with E-state index in [1.807, 2.05) is 26.0 Å². The number of hydrogen-bond donors (Lipinski definition) is 2. The molecule has 0 radical (unpaired) electrons. The van der Waals surface area contributed by atoms with Gasteiger partial charge in [-0.2, -0.15) is 0 Å². The van der Waals surface area contributed by atoms with Gasteiger partial charge in [0.25, 0.3) is 5.91 Å². The fourth-order valence-electron chi connectivity index (χ4n) is 1.59. The second kappa shape index (κ2) is 6.77. The molecule has 0 saturated heterocycles. The standard InChI is InChI=1S/C13H18BrNO2/c1-9(2)12(6-7-16)15-13(17)10-4-3-5-11(14)8-10/h3-5,8-9,12,16H,6-7H2,1-2H3,(H,15,17). The van der Waals surface area contributed by atoms with E-state index < -0.39 is 0 Å². The van der Waals surface area contributed by atoms with E-state index in [9.17, 15) is 4.79 Å². The van der Waals surface area contributed by atoms with E-state index in [4.69, 9.17) is 5.11 Å². The molecule has 0 bridgehead atoms. The van der Waals surface area contributed by atoms with Crippen LogP contribution in [0.25, 0.3) is 0 Å². The van der Waals surface area contributed by atoms with Gasteiger partial charge in [0, 0.05) is 22.7 Å². The van der Waals surface area contributed by atoms with Crippen molar-refractivity contribution in [1.82, 2.24) is 5.32 Å². The maximum Gasteiger partial charge on any atom is 0.251 e. The molecule has 1 rings (SSSR count). The predicted octanol–water partition coefficient (Wildman–Crippen LogP) is 2.59. The lowest BCUT2D eigenvalue weighted by molar-refractivity contribution is 0.0916. The molecule has 1 aromatic carbocycles. The normalized spacial score (nSPS) is 12.5. The molecule has 0 spiro atoms. The Bertz CT molecular complexity index is 379. The summed E-state index contributed by atoms with van der Waals surface area (Å²) in [5.41, 5.74) is 0.628. The second-order valence-electron chi connectivity index (χ2n) is 4.35. The average Bonchev–Trinajstić information content (AvgIpc) is 2.28. The molecular formula is C13H18BrNO2. The number of aliphatic hydroxyl groups excluding tert-OH is 1. The first kappa shape index (κ1) is 14.2. The Morgan fingerprint density at radius 1 is 1.47 bits per heavy atom. The van der Waals surface area contributed by atoms with Crippen molar-refractivity contribution in [1.29, 1.82) is 0 Å². The Morgan fingerprint density at radius 2 is 2.18 bits per heavy atom. The molecule has 1 unspecified atom stereocenters. The highest BCUT2D eigenvalue weighted by molar-refractivity contribution is 9.10. The van der Waals surface area contributed by atoms with Crippen LogP contribution in [-0.4, -0.2) is 23.7 Å². The summed E-state index contributed by atoms with van der Waals surface area (Å²) in [6.45, 7) is 4.14. The van der Waals surface area contributed by atoms with Crippen molar-refractivity contribution in [3.05, 3.63) is 34.3 Å². The minimum atomic E-state index is -0.0987. The van der Waals surface area contributed by atoms with E-state index in [0.717, 1.165) is 4.47 Å². The van der Waals surface area contributed by atoms with Gasteiger partial charge in [0.1, 0.15) is 0 Å². The monoisotopic (exact) mass is 299 g/mol. The van der Waals surface area contributed by atoms with E-state index in [-0.39, 0.29) is 18.6 Å².